The largest absolute Gasteiger partial charge is 0.461 e. The van der Waals surface area contributed by atoms with E-state index in [0.717, 1.165) is 22.3 Å². The molecule has 4 aromatic carbocycles. The molecule has 2 atom stereocenters. The second kappa shape index (κ2) is 14.5. The summed E-state index contributed by atoms with van der Waals surface area (Å²) in [4.78, 5) is 46.2. The summed E-state index contributed by atoms with van der Waals surface area (Å²) >= 11 is 0. The third-order valence-electron chi connectivity index (χ3n) is 8.97. The van der Waals surface area contributed by atoms with Crippen molar-refractivity contribution >= 4 is 18.0 Å². The van der Waals surface area contributed by atoms with Crippen molar-refractivity contribution in [2.45, 2.75) is 44.9 Å². The van der Waals surface area contributed by atoms with Crippen molar-refractivity contribution in [2.75, 3.05) is 6.61 Å². The predicted molar refractivity (Wildman–Crippen MR) is 182 cm³/mol. The molecule has 0 bridgehead atoms. The van der Waals surface area contributed by atoms with Crippen molar-refractivity contribution in [1.82, 2.24) is 14.5 Å². The van der Waals surface area contributed by atoms with Crippen LogP contribution >= 0.6 is 0 Å². The van der Waals surface area contributed by atoms with Crippen LogP contribution in [0, 0.1) is 11.8 Å². The zero-order chi connectivity index (χ0) is 33.5. The average molecular weight is 642 g/mol. The van der Waals surface area contributed by atoms with Gasteiger partial charge in [-0.2, -0.15) is 0 Å². The number of imidazole rings is 1. The first-order valence-corrected chi connectivity index (χ1v) is 16.3. The highest BCUT2D eigenvalue weighted by molar-refractivity contribution is 5.96. The third-order valence-corrected chi connectivity index (χ3v) is 8.97. The minimum absolute atomic E-state index is 0.0199. The summed E-state index contributed by atoms with van der Waals surface area (Å²) in [6.45, 7) is 4.08. The average Bonchev–Trinajstić information content (AvgIpc) is 3.76. The lowest BCUT2D eigenvalue weighted by molar-refractivity contribution is -0.149. The van der Waals surface area contributed by atoms with Crippen LogP contribution in [0.25, 0.3) is 0 Å². The van der Waals surface area contributed by atoms with Gasteiger partial charge in [-0.15, -0.1) is 0 Å². The van der Waals surface area contributed by atoms with Crippen LogP contribution in [0.4, 0.5) is 4.79 Å². The highest BCUT2D eigenvalue weighted by atomic mass is 16.6. The van der Waals surface area contributed by atoms with Crippen molar-refractivity contribution < 1.29 is 23.9 Å². The molecule has 1 fully saturated rings. The van der Waals surface area contributed by atoms with E-state index in [-0.39, 0.29) is 32.0 Å². The molecule has 0 radical (unpaired) electrons. The van der Waals surface area contributed by atoms with Gasteiger partial charge in [-0.05, 0) is 28.2 Å². The van der Waals surface area contributed by atoms with E-state index < -0.39 is 35.5 Å². The van der Waals surface area contributed by atoms with Crippen LogP contribution in [0.2, 0.25) is 0 Å². The highest BCUT2D eigenvalue weighted by Gasteiger charge is 2.43. The monoisotopic (exact) mass is 641 g/mol. The zero-order valence-electron chi connectivity index (χ0n) is 27.1. The van der Waals surface area contributed by atoms with E-state index >= 15 is 0 Å². The zero-order valence-corrected chi connectivity index (χ0v) is 27.1. The standard InChI is InChI=1S/C40H39N3O5/c1-29(2)36-27-48-39(46)43(36)38(45)31(24-37(44)47-26-30-15-7-3-8-16-30)23-35-25-42(28-41-35)40(32-17-9-4-10-18-32,33-19-11-5-12-20-33)34-21-13-6-14-22-34/h3-22,25,28-29,31,36H,23-24,26-27H2,1-2H3/t31-,36-/m1/s1. The van der Waals surface area contributed by atoms with Crippen LogP contribution in [0.3, 0.4) is 0 Å². The Morgan fingerprint density at radius 3 is 1.88 bits per heavy atom. The van der Waals surface area contributed by atoms with Gasteiger partial charge in [0.05, 0.1) is 30.4 Å². The summed E-state index contributed by atoms with van der Waals surface area (Å²) in [5.74, 6) is -1.92. The van der Waals surface area contributed by atoms with Crippen molar-refractivity contribution in [3.63, 3.8) is 0 Å². The lowest BCUT2D eigenvalue weighted by Gasteiger charge is -2.37. The number of esters is 1. The Morgan fingerprint density at radius 2 is 1.35 bits per heavy atom. The maximum atomic E-state index is 14.1. The molecule has 5 aromatic rings. The molecule has 1 saturated heterocycles. The lowest BCUT2D eigenvalue weighted by Crippen LogP contribution is -2.45. The molecule has 6 rings (SSSR count). The minimum Gasteiger partial charge on any atom is -0.461 e. The second-order valence-electron chi connectivity index (χ2n) is 12.4. The van der Waals surface area contributed by atoms with Gasteiger partial charge in [0.25, 0.3) is 0 Å². The number of amides is 2. The molecule has 2 amide bonds. The fourth-order valence-electron chi connectivity index (χ4n) is 6.51. The molecule has 0 N–H and O–H groups in total. The molecule has 1 aliphatic rings. The molecule has 8 heteroatoms. The van der Waals surface area contributed by atoms with Crippen molar-refractivity contribution in [3.05, 3.63) is 162 Å². The molecular weight excluding hydrogens is 602 g/mol. The fraction of sp³-hybridized carbons (Fsp3) is 0.250. The number of hydrogen-bond donors (Lipinski definition) is 0. The van der Waals surface area contributed by atoms with Gasteiger partial charge in [0.1, 0.15) is 18.8 Å². The number of ether oxygens (including phenoxy) is 2. The van der Waals surface area contributed by atoms with Gasteiger partial charge in [-0.25, -0.2) is 14.7 Å². The first-order chi connectivity index (χ1) is 23.4. The molecule has 48 heavy (non-hydrogen) atoms. The molecular formula is C40H39N3O5. The molecule has 244 valence electrons. The Morgan fingerprint density at radius 1 is 0.833 bits per heavy atom. The minimum atomic E-state index is -0.900. The number of imide groups is 1. The van der Waals surface area contributed by atoms with Crippen LogP contribution in [0.5, 0.6) is 0 Å². The maximum Gasteiger partial charge on any atom is 0.416 e. The number of aromatic nitrogens is 2. The number of nitrogens with zero attached hydrogens (tertiary/aromatic N) is 3. The first-order valence-electron chi connectivity index (χ1n) is 16.3. The van der Waals surface area contributed by atoms with Crippen LogP contribution in [0.15, 0.2) is 134 Å². The number of cyclic esters (lactones) is 1. The first kappa shape index (κ1) is 32.4. The van der Waals surface area contributed by atoms with Gasteiger partial charge in [-0.3, -0.25) is 9.59 Å². The molecule has 2 heterocycles. The van der Waals surface area contributed by atoms with Crippen LogP contribution in [0.1, 0.15) is 48.2 Å². The number of carbonyl (C=O) groups excluding carboxylic acids is 3. The summed E-state index contributed by atoms with van der Waals surface area (Å²) in [7, 11) is 0. The van der Waals surface area contributed by atoms with Gasteiger partial charge in [-0.1, -0.05) is 135 Å². The quantitative estimate of drug-likeness (QED) is 0.107. The molecule has 1 aliphatic heterocycles. The number of benzene rings is 4. The third kappa shape index (κ3) is 6.65. The lowest BCUT2D eigenvalue weighted by atomic mass is 9.77. The Balaban J connectivity index is 1.37. The predicted octanol–water partition coefficient (Wildman–Crippen LogP) is 7.02. The van der Waals surface area contributed by atoms with Crippen LogP contribution in [-0.2, 0) is 37.6 Å². The summed E-state index contributed by atoms with van der Waals surface area (Å²) in [5.41, 5.74) is 3.75. The fourth-order valence-corrected chi connectivity index (χ4v) is 6.51. The normalized spacial score (nSPS) is 15.3. The molecule has 0 saturated carbocycles. The van der Waals surface area contributed by atoms with E-state index in [2.05, 4.69) is 41.0 Å². The highest BCUT2D eigenvalue weighted by Crippen LogP contribution is 2.41. The molecule has 8 nitrogen and oxygen atoms in total. The van der Waals surface area contributed by atoms with E-state index in [1.165, 1.54) is 4.90 Å². The summed E-state index contributed by atoms with van der Waals surface area (Å²) in [6.07, 6.45) is 2.93. The van der Waals surface area contributed by atoms with E-state index in [0.29, 0.717) is 5.69 Å². The van der Waals surface area contributed by atoms with E-state index in [9.17, 15) is 14.4 Å². The van der Waals surface area contributed by atoms with Gasteiger partial charge in [0.2, 0.25) is 5.91 Å². The number of carbonyl (C=O) groups is 3. The number of hydrogen-bond acceptors (Lipinski definition) is 6. The maximum absolute atomic E-state index is 14.1. The Hall–Kier alpha value is -5.50. The topological polar surface area (TPSA) is 90.7 Å². The summed E-state index contributed by atoms with van der Waals surface area (Å²) in [6, 6.07) is 39.6. The van der Waals surface area contributed by atoms with Crippen LogP contribution in [-0.4, -0.2) is 45.1 Å². The smallest absolute Gasteiger partial charge is 0.416 e. The van der Waals surface area contributed by atoms with Crippen molar-refractivity contribution in [3.8, 4) is 0 Å². The van der Waals surface area contributed by atoms with Gasteiger partial charge >= 0.3 is 12.1 Å². The van der Waals surface area contributed by atoms with Crippen LogP contribution < -0.4 is 0 Å². The Kier molecular flexibility index (Phi) is 9.80. The molecule has 0 spiro atoms. The number of rotatable bonds is 12. The Labute approximate surface area is 281 Å². The van der Waals surface area contributed by atoms with E-state index in [1.54, 1.807) is 6.33 Å². The Bertz CT molecular complexity index is 1730. The van der Waals surface area contributed by atoms with Crippen molar-refractivity contribution in [2.24, 2.45) is 11.8 Å². The second-order valence-corrected chi connectivity index (χ2v) is 12.4. The van der Waals surface area contributed by atoms with Crippen molar-refractivity contribution in [1.29, 1.82) is 0 Å². The summed E-state index contributed by atoms with van der Waals surface area (Å²) in [5, 5.41) is 0. The van der Waals surface area contributed by atoms with Gasteiger partial charge in [0.15, 0.2) is 0 Å². The SMILES string of the molecule is CC(C)[C@H]1COC(=O)N1C(=O)[C@@H](CC(=O)OCc1ccccc1)Cc1cn(C(c2ccccc2)(c2ccccc2)c2ccccc2)cn1. The van der Waals surface area contributed by atoms with E-state index in [1.807, 2.05) is 105 Å². The molecule has 0 aliphatic carbocycles. The summed E-state index contributed by atoms with van der Waals surface area (Å²) < 4.78 is 13.0. The van der Waals surface area contributed by atoms with Gasteiger partial charge in [0, 0.05) is 12.6 Å². The molecule has 1 aromatic heterocycles. The van der Waals surface area contributed by atoms with Gasteiger partial charge < -0.3 is 14.0 Å². The molecule has 0 unspecified atom stereocenters. The van der Waals surface area contributed by atoms with E-state index in [4.69, 9.17) is 14.5 Å².